The van der Waals surface area contributed by atoms with Gasteiger partial charge in [0.2, 0.25) is 5.91 Å². The minimum Gasteiger partial charge on any atom is -0.373 e. The summed E-state index contributed by atoms with van der Waals surface area (Å²) in [5.41, 5.74) is 2.54. The maximum atomic E-state index is 12.6. The lowest BCUT2D eigenvalue weighted by atomic mass is 9.89. The molecule has 0 spiro atoms. The van der Waals surface area contributed by atoms with Crippen LogP contribution < -0.4 is 10.6 Å². The lowest BCUT2D eigenvalue weighted by Crippen LogP contribution is -2.51. The number of hydrogen-bond acceptors (Lipinski definition) is 3. The molecule has 2 fully saturated rings. The van der Waals surface area contributed by atoms with Gasteiger partial charge in [0.1, 0.15) is 0 Å². The van der Waals surface area contributed by atoms with Gasteiger partial charge < -0.3 is 20.3 Å². The van der Waals surface area contributed by atoms with Crippen LogP contribution in [0.25, 0.3) is 0 Å². The van der Waals surface area contributed by atoms with Gasteiger partial charge in [-0.1, -0.05) is 43.7 Å². The molecular formula is C26H42N4O2. The Hall–Kier alpha value is -2.08. The molecule has 2 saturated heterocycles. The molecule has 1 aromatic carbocycles. The molecule has 6 heteroatoms. The van der Waals surface area contributed by atoms with Crippen LogP contribution in [-0.4, -0.2) is 56.1 Å². The molecule has 2 heterocycles. The van der Waals surface area contributed by atoms with Crippen molar-refractivity contribution in [3.05, 3.63) is 35.4 Å². The second-order valence-electron chi connectivity index (χ2n) is 9.31. The zero-order valence-electron chi connectivity index (χ0n) is 20.4. The monoisotopic (exact) mass is 442 g/mol. The molecule has 2 aliphatic heterocycles. The Balaban J connectivity index is 1.48. The van der Waals surface area contributed by atoms with Gasteiger partial charge in [0.15, 0.2) is 5.96 Å². The normalized spacial score (nSPS) is 22.8. The molecule has 2 aliphatic rings. The first-order valence-electron chi connectivity index (χ1n) is 12.5. The number of guanidine groups is 1. The average molecular weight is 443 g/mol. The van der Waals surface area contributed by atoms with Crippen LogP contribution in [0.5, 0.6) is 0 Å². The third-order valence-electron chi connectivity index (χ3n) is 7.09. The van der Waals surface area contributed by atoms with Gasteiger partial charge in [-0.25, -0.2) is 0 Å². The van der Waals surface area contributed by atoms with Crippen LogP contribution in [0.3, 0.4) is 0 Å². The molecule has 0 aromatic heterocycles. The molecule has 2 atom stereocenters. The number of carbonyl (C=O) groups excluding carboxylic acids is 1. The molecule has 178 valence electrons. The topological polar surface area (TPSA) is 66.0 Å². The fourth-order valence-corrected chi connectivity index (χ4v) is 4.93. The highest BCUT2D eigenvalue weighted by atomic mass is 16.5. The van der Waals surface area contributed by atoms with Crippen molar-refractivity contribution in [1.29, 1.82) is 0 Å². The first-order valence-corrected chi connectivity index (χ1v) is 12.5. The molecule has 0 bridgehead atoms. The van der Waals surface area contributed by atoms with E-state index in [1.807, 2.05) is 7.05 Å². The minimum absolute atomic E-state index is 0.134. The van der Waals surface area contributed by atoms with Crippen molar-refractivity contribution in [3.63, 3.8) is 0 Å². The van der Waals surface area contributed by atoms with Gasteiger partial charge in [0, 0.05) is 51.2 Å². The summed E-state index contributed by atoms with van der Waals surface area (Å²) in [4.78, 5) is 19.2. The summed E-state index contributed by atoms with van der Waals surface area (Å²) in [7, 11) is 1.83. The van der Waals surface area contributed by atoms with Crippen molar-refractivity contribution in [2.75, 3.05) is 33.3 Å². The average Bonchev–Trinajstić information content (AvgIpc) is 2.83. The summed E-state index contributed by atoms with van der Waals surface area (Å²) in [5.74, 6) is 1.77. The Morgan fingerprint density at radius 1 is 1.16 bits per heavy atom. The van der Waals surface area contributed by atoms with Gasteiger partial charge in [-0.15, -0.1) is 0 Å². The molecule has 0 aliphatic carbocycles. The van der Waals surface area contributed by atoms with Gasteiger partial charge in [0.05, 0.1) is 6.10 Å². The van der Waals surface area contributed by atoms with Gasteiger partial charge in [-0.3, -0.25) is 9.79 Å². The number of amides is 1. The number of likely N-dealkylation sites (tertiary alicyclic amines) is 1. The van der Waals surface area contributed by atoms with Crippen molar-refractivity contribution in [1.82, 2.24) is 15.5 Å². The number of benzene rings is 1. The summed E-state index contributed by atoms with van der Waals surface area (Å²) in [5, 5.41) is 7.13. The number of aryl methyl sites for hydroxylation is 1. The number of aliphatic imine (C=N–C) groups is 1. The lowest BCUT2D eigenvalue weighted by Gasteiger charge is -2.35. The van der Waals surface area contributed by atoms with E-state index in [1.165, 1.54) is 11.1 Å². The Morgan fingerprint density at radius 2 is 1.84 bits per heavy atom. The second-order valence-corrected chi connectivity index (χ2v) is 9.31. The van der Waals surface area contributed by atoms with Crippen molar-refractivity contribution in [2.45, 2.75) is 71.4 Å². The van der Waals surface area contributed by atoms with E-state index in [0.29, 0.717) is 17.9 Å². The van der Waals surface area contributed by atoms with Crippen LogP contribution in [0, 0.1) is 18.8 Å². The van der Waals surface area contributed by atoms with E-state index in [0.717, 1.165) is 70.7 Å². The van der Waals surface area contributed by atoms with Gasteiger partial charge in [0.25, 0.3) is 0 Å². The first kappa shape index (κ1) is 24.6. The van der Waals surface area contributed by atoms with E-state index in [9.17, 15) is 4.79 Å². The summed E-state index contributed by atoms with van der Waals surface area (Å²) < 4.78 is 6.17. The van der Waals surface area contributed by atoms with Crippen LogP contribution in [0.4, 0.5) is 0 Å². The molecule has 1 amide bonds. The number of ether oxygens (including phenoxy) is 1. The lowest BCUT2D eigenvalue weighted by molar-refractivity contribution is -0.136. The van der Waals surface area contributed by atoms with E-state index < -0.39 is 0 Å². The highest BCUT2D eigenvalue weighted by Crippen LogP contribution is 2.33. The van der Waals surface area contributed by atoms with Gasteiger partial charge in [-0.05, 0) is 51.0 Å². The molecule has 3 rings (SSSR count). The van der Waals surface area contributed by atoms with E-state index in [1.54, 1.807) is 0 Å². The first-order chi connectivity index (χ1) is 15.5. The SMILES string of the molecule is CCC(CC)C(=O)N1CCC(NC(=NC)NCC2CCCOC2c2ccc(C)cc2)CC1. The zero-order chi connectivity index (χ0) is 22.9. The van der Waals surface area contributed by atoms with Crippen LogP contribution in [0.1, 0.15) is 69.6 Å². The number of nitrogens with one attached hydrogen (secondary N) is 2. The molecule has 0 saturated carbocycles. The fourth-order valence-electron chi connectivity index (χ4n) is 4.93. The Morgan fingerprint density at radius 3 is 2.47 bits per heavy atom. The van der Waals surface area contributed by atoms with Gasteiger partial charge in [-0.2, -0.15) is 0 Å². The van der Waals surface area contributed by atoms with Crippen LogP contribution >= 0.6 is 0 Å². The minimum atomic E-state index is 0.134. The van der Waals surface area contributed by atoms with Gasteiger partial charge >= 0.3 is 0 Å². The Bertz CT molecular complexity index is 737. The van der Waals surface area contributed by atoms with E-state index >= 15 is 0 Å². The van der Waals surface area contributed by atoms with Crippen molar-refractivity contribution < 1.29 is 9.53 Å². The molecular weight excluding hydrogens is 400 g/mol. The Labute approximate surface area is 194 Å². The standard InChI is InChI=1S/C26H42N4O2/c1-5-20(6-2)25(31)30-15-13-23(14-16-30)29-26(27-4)28-18-22-8-7-17-32-24(22)21-11-9-19(3)10-12-21/h9-12,20,22-24H,5-8,13-18H2,1-4H3,(H2,27,28,29). The van der Waals surface area contributed by atoms with Crippen molar-refractivity contribution in [2.24, 2.45) is 16.8 Å². The summed E-state index contributed by atoms with van der Waals surface area (Å²) in [6.07, 6.45) is 6.17. The maximum Gasteiger partial charge on any atom is 0.225 e. The van der Waals surface area contributed by atoms with E-state index in [2.05, 4.69) is 65.6 Å². The number of rotatable bonds is 7. The molecule has 6 nitrogen and oxygen atoms in total. The molecule has 0 radical (unpaired) electrons. The zero-order valence-corrected chi connectivity index (χ0v) is 20.4. The molecule has 2 N–H and O–H groups in total. The van der Waals surface area contributed by atoms with E-state index in [-0.39, 0.29) is 12.0 Å². The largest absolute Gasteiger partial charge is 0.373 e. The summed E-state index contributed by atoms with van der Waals surface area (Å²) >= 11 is 0. The fraction of sp³-hybridized carbons (Fsp3) is 0.692. The third kappa shape index (κ3) is 6.47. The second kappa shape index (κ2) is 12.2. The molecule has 2 unspecified atom stereocenters. The highest BCUT2D eigenvalue weighted by molar-refractivity contribution is 5.80. The summed E-state index contributed by atoms with van der Waals surface area (Å²) in [6, 6.07) is 9.07. The van der Waals surface area contributed by atoms with Crippen LogP contribution in [0.15, 0.2) is 29.3 Å². The molecule has 32 heavy (non-hydrogen) atoms. The number of hydrogen-bond donors (Lipinski definition) is 2. The van der Waals surface area contributed by atoms with Crippen molar-refractivity contribution >= 4 is 11.9 Å². The van der Waals surface area contributed by atoms with Crippen molar-refractivity contribution in [3.8, 4) is 0 Å². The number of piperidine rings is 1. The highest BCUT2D eigenvalue weighted by Gasteiger charge is 2.29. The van der Waals surface area contributed by atoms with E-state index in [4.69, 9.17) is 4.74 Å². The molecule has 1 aromatic rings. The Kier molecular flexibility index (Phi) is 9.39. The smallest absolute Gasteiger partial charge is 0.225 e. The van der Waals surface area contributed by atoms with Crippen LogP contribution in [0.2, 0.25) is 0 Å². The maximum absolute atomic E-state index is 12.6. The number of carbonyl (C=O) groups is 1. The quantitative estimate of drug-likeness (QED) is 0.494. The van der Waals surface area contributed by atoms with Crippen LogP contribution in [-0.2, 0) is 9.53 Å². The third-order valence-corrected chi connectivity index (χ3v) is 7.09. The predicted molar refractivity (Wildman–Crippen MR) is 131 cm³/mol. The summed E-state index contributed by atoms with van der Waals surface area (Å²) in [6.45, 7) is 9.66. The number of nitrogens with zero attached hydrogens (tertiary/aromatic N) is 2. The predicted octanol–water partition coefficient (Wildman–Crippen LogP) is 4.05.